The van der Waals surface area contributed by atoms with Gasteiger partial charge < -0.3 is 10.4 Å². The van der Waals surface area contributed by atoms with Crippen LogP contribution >= 0.6 is 11.3 Å². The van der Waals surface area contributed by atoms with Gasteiger partial charge in [0.1, 0.15) is 5.76 Å². The molecule has 0 aliphatic rings. The number of rotatable bonds is 3. The predicted molar refractivity (Wildman–Crippen MR) is 67.4 cm³/mol. The number of amides is 1. The molecule has 1 aromatic rings. The third-order valence-corrected chi connectivity index (χ3v) is 3.40. The lowest BCUT2D eigenvalue weighted by atomic mass is 10.1. The van der Waals surface area contributed by atoms with Crippen LogP contribution in [0.25, 0.3) is 5.57 Å². The first-order valence-electron chi connectivity index (χ1n) is 4.86. The van der Waals surface area contributed by atoms with Gasteiger partial charge in [0.25, 0.3) is 5.91 Å². The highest BCUT2D eigenvalue weighted by Crippen LogP contribution is 2.28. The molecule has 0 aliphatic heterocycles. The highest BCUT2D eigenvalue weighted by Gasteiger charge is 2.17. The molecule has 1 rings (SSSR count). The largest absolute Gasteiger partial charge is 0.512 e. The lowest BCUT2D eigenvalue weighted by molar-refractivity contribution is -0.114. The van der Waals surface area contributed by atoms with Gasteiger partial charge in [0.05, 0.1) is 5.57 Å². The number of thiophene rings is 1. The van der Waals surface area contributed by atoms with Crippen LogP contribution in [-0.2, 0) is 4.79 Å². The Morgan fingerprint density at radius 2 is 2.19 bits per heavy atom. The van der Waals surface area contributed by atoms with E-state index in [0.29, 0.717) is 5.57 Å². The van der Waals surface area contributed by atoms with Crippen LogP contribution < -0.4 is 5.32 Å². The molecular formula is C12H15NO2S. The fourth-order valence-corrected chi connectivity index (χ4v) is 2.44. The molecule has 1 aromatic heterocycles. The average molecular weight is 237 g/mol. The van der Waals surface area contributed by atoms with Crippen LogP contribution in [0.3, 0.4) is 0 Å². The molecule has 0 spiro atoms. The van der Waals surface area contributed by atoms with E-state index in [4.69, 9.17) is 0 Å². The van der Waals surface area contributed by atoms with Crippen LogP contribution in [-0.4, -0.2) is 11.0 Å². The SMILES string of the molecule is C=CNC(=O)/C(=C(\C)O)c1cc(C)c(C)s1. The number of hydrogen-bond donors (Lipinski definition) is 2. The molecule has 0 aliphatic carbocycles. The van der Waals surface area contributed by atoms with Crippen molar-refractivity contribution in [3.63, 3.8) is 0 Å². The number of nitrogens with one attached hydrogen (secondary N) is 1. The van der Waals surface area contributed by atoms with E-state index in [2.05, 4.69) is 11.9 Å². The van der Waals surface area contributed by atoms with Crippen molar-refractivity contribution in [2.75, 3.05) is 0 Å². The van der Waals surface area contributed by atoms with Crippen LogP contribution in [0.2, 0.25) is 0 Å². The number of aliphatic hydroxyl groups is 1. The fourth-order valence-electron chi connectivity index (χ4n) is 1.32. The Morgan fingerprint density at radius 1 is 1.56 bits per heavy atom. The molecule has 16 heavy (non-hydrogen) atoms. The maximum absolute atomic E-state index is 11.7. The van der Waals surface area contributed by atoms with Gasteiger partial charge in [0, 0.05) is 9.75 Å². The van der Waals surface area contributed by atoms with Crippen molar-refractivity contribution in [2.45, 2.75) is 20.8 Å². The zero-order valence-corrected chi connectivity index (χ0v) is 10.4. The number of carbonyl (C=O) groups excluding carboxylic acids is 1. The summed E-state index contributed by atoms with van der Waals surface area (Å²) in [6.45, 7) is 8.89. The van der Waals surface area contributed by atoms with E-state index < -0.39 is 0 Å². The van der Waals surface area contributed by atoms with Gasteiger partial charge in [-0.05, 0) is 38.6 Å². The number of allylic oxidation sites excluding steroid dienone is 1. The first-order valence-corrected chi connectivity index (χ1v) is 5.68. The van der Waals surface area contributed by atoms with Gasteiger partial charge in [0.15, 0.2) is 0 Å². The highest BCUT2D eigenvalue weighted by atomic mass is 32.1. The zero-order chi connectivity index (χ0) is 12.3. The molecule has 2 N–H and O–H groups in total. The fraction of sp³-hybridized carbons (Fsp3) is 0.250. The van der Waals surface area contributed by atoms with Crippen molar-refractivity contribution in [3.8, 4) is 0 Å². The highest BCUT2D eigenvalue weighted by molar-refractivity contribution is 7.13. The summed E-state index contributed by atoms with van der Waals surface area (Å²) in [5.74, 6) is -0.322. The van der Waals surface area contributed by atoms with Gasteiger partial charge in [-0.25, -0.2) is 0 Å². The molecule has 0 atom stereocenters. The van der Waals surface area contributed by atoms with Gasteiger partial charge >= 0.3 is 0 Å². The van der Waals surface area contributed by atoms with E-state index in [-0.39, 0.29) is 11.7 Å². The minimum atomic E-state index is -0.337. The lowest BCUT2D eigenvalue weighted by Crippen LogP contribution is -2.18. The molecule has 0 radical (unpaired) electrons. The minimum Gasteiger partial charge on any atom is -0.512 e. The molecular weight excluding hydrogens is 222 g/mol. The van der Waals surface area contributed by atoms with Crippen LogP contribution in [0.5, 0.6) is 0 Å². The Balaban J connectivity index is 3.19. The monoisotopic (exact) mass is 237 g/mol. The predicted octanol–water partition coefficient (Wildman–Crippen LogP) is 2.91. The number of aryl methyl sites for hydroxylation is 2. The summed E-state index contributed by atoms with van der Waals surface area (Å²) < 4.78 is 0. The van der Waals surface area contributed by atoms with Crippen molar-refractivity contribution in [2.24, 2.45) is 0 Å². The summed E-state index contributed by atoms with van der Waals surface area (Å²) in [4.78, 5) is 13.6. The van der Waals surface area contributed by atoms with E-state index in [1.807, 2.05) is 19.9 Å². The standard InChI is InChI=1S/C12H15NO2S/c1-5-13-12(15)11(8(3)14)10-6-7(2)9(4)16-10/h5-6,14H,1H2,2-4H3,(H,13,15)/b11-8+. The number of carbonyl (C=O) groups is 1. The molecule has 4 heteroatoms. The number of hydrogen-bond acceptors (Lipinski definition) is 3. The smallest absolute Gasteiger partial charge is 0.260 e. The van der Waals surface area contributed by atoms with Crippen molar-refractivity contribution in [3.05, 3.63) is 39.9 Å². The second-order valence-corrected chi connectivity index (χ2v) is 4.74. The van der Waals surface area contributed by atoms with E-state index in [0.717, 1.165) is 15.3 Å². The maximum Gasteiger partial charge on any atom is 0.260 e. The molecule has 0 fully saturated rings. The van der Waals surface area contributed by atoms with E-state index in [1.54, 1.807) is 0 Å². The normalized spacial score (nSPS) is 11.9. The Labute approximate surface area is 99.1 Å². The van der Waals surface area contributed by atoms with Crippen LogP contribution in [0.15, 0.2) is 24.6 Å². The van der Waals surface area contributed by atoms with Crippen LogP contribution in [0, 0.1) is 13.8 Å². The molecule has 1 heterocycles. The second-order valence-electron chi connectivity index (χ2n) is 3.49. The van der Waals surface area contributed by atoms with Crippen molar-refractivity contribution < 1.29 is 9.90 Å². The summed E-state index contributed by atoms with van der Waals surface area (Å²) in [6, 6.07) is 1.90. The summed E-state index contributed by atoms with van der Waals surface area (Å²) in [5.41, 5.74) is 1.42. The number of aliphatic hydroxyl groups excluding tert-OH is 1. The van der Waals surface area contributed by atoms with Crippen LogP contribution in [0.1, 0.15) is 22.2 Å². The Bertz CT molecular complexity index is 434. The van der Waals surface area contributed by atoms with Gasteiger partial charge in [0.2, 0.25) is 0 Å². The van der Waals surface area contributed by atoms with Crippen molar-refractivity contribution in [1.29, 1.82) is 0 Å². The molecule has 3 nitrogen and oxygen atoms in total. The van der Waals surface area contributed by atoms with Crippen molar-refractivity contribution >= 4 is 22.8 Å². The third kappa shape index (κ3) is 2.52. The second kappa shape index (κ2) is 4.99. The topological polar surface area (TPSA) is 49.3 Å². The lowest BCUT2D eigenvalue weighted by Gasteiger charge is -2.04. The van der Waals surface area contributed by atoms with Crippen LogP contribution in [0.4, 0.5) is 0 Å². The Morgan fingerprint density at radius 3 is 2.56 bits per heavy atom. The Hall–Kier alpha value is -1.55. The molecule has 0 unspecified atom stereocenters. The molecule has 86 valence electrons. The molecule has 0 saturated heterocycles. The third-order valence-electron chi connectivity index (χ3n) is 2.23. The Kier molecular flexibility index (Phi) is 3.90. The van der Waals surface area contributed by atoms with Crippen molar-refractivity contribution in [1.82, 2.24) is 5.32 Å². The first-order chi connectivity index (χ1) is 7.47. The molecule has 0 aromatic carbocycles. The summed E-state index contributed by atoms with van der Waals surface area (Å²) in [6.07, 6.45) is 1.30. The van der Waals surface area contributed by atoms with Gasteiger partial charge in [-0.1, -0.05) is 6.58 Å². The quantitative estimate of drug-likeness (QED) is 0.627. The van der Waals surface area contributed by atoms with Gasteiger partial charge in [-0.15, -0.1) is 11.3 Å². The van der Waals surface area contributed by atoms with E-state index in [9.17, 15) is 9.90 Å². The molecule has 0 saturated carbocycles. The average Bonchev–Trinajstić information content (AvgIpc) is 2.46. The molecule has 1 amide bonds. The summed E-state index contributed by atoms with van der Waals surface area (Å²) >= 11 is 1.49. The zero-order valence-electron chi connectivity index (χ0n) is 9.63. The summed E-state index contributed by atoms with van der Waals surface area (Å²) in [5, 5.41) is 12.0. The first kappa shape index (κ1) is 12.5. The van der Waals surface area contributed by atoms with E-state index >= 15 is 0 Å². The van der Waals surface area contributed by atoms with E-state index in [1.165, 1.54) is 24.5 Å². The summed E-state index contributed by atoms with van der Waals surface area (Å²) in [7, 11) is 0. The molecule has 0 bridgehead atoms. The maximum atomic E-state index is 11.7. The van der Waals surface area contributed by atoms with Gasteiger partial charge in [-0.2, -0.15) is 0 Å². The minimum absolute atomic E-state index is 0.0144. The van der Waals surface area contributed by atoms with Gasteiger partial charge in [-0.3, -0.25) is 4.79 Å².